The Hall–Kier alpha value is -2.48. The first-order valence-corrected chi connectivity index (χ1v) is 9.61. The number of hydrogen-bond acceptors (Lipinski definition) is 1. The third kappa shape index (κ3) is 3.16. The number of fused-ring (bicyclic) bond motifs is 1. The van der Waals surface area contributed by atoms with Gasteiger partial charge in [0.05, 0.1) is 6.04 Å². The van der Waals surface area contributed by atoms with Gasteiger partial charge in [-0.3, -0.25) is 0 Å². The molecule has 4 rings (SSSR count). The molecular formula is C24H28N2. The van der Waals surface area contributed by atoms with Crippen LogP contribution in [0.15, 0.2) is 72.9 Å². The van der Waals surface area contributed by atoms with E-state index in [0.29, 0.717) is 0 Å². The van der Waals surface area contributed by atoms with Gasteiger partial charge in [0.25, 0.3) is 0 Å². The van der Waals surface area contributed by atoms with E-state index in [1.807, 2.05) is 0 Å². The molecule has 2 nitrogen and oxygen atoms in total. The zero-order valence-corrected chi connectivity index (χ0v) is 16.0. The lowest BCUT2D eigenvalue weighted by Gasteiger charge is -2.33. The molecule has 3 aromatic rings. The Morgan fingerprint density at radius 1 is 0.808 bits per heavy atom. The van der Waals surface area contributed by atoms with Gasteiger partial charge in [-0.1, -0.05) is 63.2 Å². The molecule has 2 heterocycles. The summed E-state index contributed by atoms with van der Waals surface area (Å²) in [7, 11) is 0. The van der Waals surface area contributed by atoms with E-state index in [4.69, 9.17) is 0 Å². The molecule has 1 unspecified atom stereocenters. The minimum atomic E-state index is 0.182. The van der Waals surface area contributed by atoms with E-state index in [2.05, 4.69) is 103 Å². The SMILES string of the molecule is CC(C)(C)c1ccc(C2c3cccn3CCCN2c2ccccc2)cc1. The van der Waals surface area contributed by atoms with Crippen LogP contribution in [-0.4, -0.2) is 11.1 Å². The van der Waals surface area contributed by atoms with Crippen molar-refractivity contribution in [1.82, 2.24) is 4.57 Å². The maximum Gasteiger partial charge on any atom is 0.0946 e. The van der Waals surface area contributed by atoms with Gasteiger partial charge < -0.3 is 9.47 Å². The van der Waals surface area contributed by atoms with Crippen molar-refractivity contribution in [1.29, 1.82) is 0 Å². The number of rotatable bonds is 2. The zero-order valence-electron chi connectivity index (χ0n) is 16.0. The van der Waals surface area contributed by atoms with Gasteiger partial charge in [-0.15, -0.1) is 0 Å². The summed E-state index contributed by atoms with van der Waals surface area (Å²) in [6, 6.07) is 24.8. The number of hydrogen-bond donors (Lipinski definition) is 0. The van der Waals surface area contributed by atoms with Gasteiger partial charge >= 0.3 is 0 Å². The maximum absolute atomic E-state index is 2.56. The molecule has 2 heteroatoms. The number of aromatic nitrogens is 1. The summed E-state index contributed by atoms with van der Waals surface area (Å²) < 4.78 is 2.42. The molecule has 0 amide bonds. The summed E-state index contributed by atoms with van der Waals surface area (Å²) in [5, 5.41) is 0. The van der Waals surface area contributed by atoms with E-state index in [-0.39, 0.29) is 11.5 Å². The highest BCUT2D eigenvalue weighted by Gasteiger charge is 2.27. The van der Waals surface area contributed by atoms with Gasteiger partial charge in [0.15, 0.2) is 0 Å². The fourth-order valence-corrected chi connectivity index (χ4v) is 3.99. The Morgan fingerprint density at radius 2 is 1.54 bits per heavy atom. The molecule has 26 heavy (non-hydrogen) atoms. The molecule has 1 aliphatic rings. The Morgan fingerprint density at radius 3 is 2.23 bits per heavy atom. The van der Waals surface area contributed by atoms with Gasteiger partial charge in [0.1, 0.15) is 0 Å². The van der Waals surface area contributed by atoms with E-state index < -0.39 is 0 Å². The van der Waals surface area contributed by atoms with Crippen LogP contribution in [0.5, 0.6) is 0 Å². The average molecular weight is 345 g/mol. The Labute approximate surface area is 157 Å². The number of anilines is 1. The number of para-hydroxylation sites is 1. The largest absolute Gasteiger partial charge is 0.359 e. The lowest BCUT2D eigenvalue weighted by molar-refractivity contribution is 0.589. The molecule has 2 aromatic carbocycles. The van der Waals surface area contributed by atoms with Gasteiger partial charge in [-0.25, -0.2) is 0 Å². The molecular weight excluding hydrogens is 316 g/mol. The predicted molar refractivity (Wildman–Crippen MR) is 110 cm³/mol. The van der Waals surface area contributed by atoms with Crippen molar-refractivity contribution in [3.63, 3.8) is 0 Å². The highest BCUT2D eigenvalue weighted by molar-refractivity contribution is 5.52. The van der Waals surface area contributed by atoms with E-state index in [1.165, 1.54) is 22.5 Å². The second-order valence-corrected chi connectivity index (χ2v) is 8.28. The summed E-state index contributed by atoms with van der Waals surface area (Å²) in [6.07, 6.45) is 3.38. The van der Waals surface area contributed by atoms with E-state index in [9.17, 15) is 0 Å². The van der Waals surface area contributed by atoms with Crippen LogP contribution < -0.4 is 4.90 Å². The third-order valence-corrected chi connectivity index (χ3v) is 5.43. The van der Waals surface area contributed by atoms with Crippen LogP contribution in [0.1, 0.15) is 50.1 Å². The quantitative estimate of drug-likeness (QED) is 0.571. The van der Waals surface area contributed by atoms with Crippen LogP contribution in [0.3, 0.4) is 0 Å². The molecule has 1 aromatic heterocycles. The first kappa shape index (κ1) is 17.0. The second-order valence-electron chi connectivity index (χ2n) is 8.28. The lowest BCUT2D eigenvalue weighted by Crippen LogP contribution is -2.29. The highest BCUT2D eigenvalue weighted by atomic mass is 15.2. The summed E-state index contributed by atoms with van der Waals surface area (Å²) in [4.78, 5) is 2.56. The third-order valence-electron chi connectivity index (χ3n) is 5.43. The predicted octanol–water partition coefficient (Wildman–Crippen LogP) is 5.79. The fourth-order valence-electron chi connectivity index (χ4n) is 3.99. The first-order valence-electron chi connectivity index (χ1n) is 9.61. The molecule has 1 atom stereocenters. The van der Waals surface area contributed by atoms with E-state index >= 15 is 0 Å². The maximum atomic E-state index is 2.56. The van der Waals surface area contributed by atoms with Crippen molar-refractivity contribution in [2.45, 2.75) is 45.2 Å². The Balaban J connectivity index is 1.80. The molecule has 0 aliphatic carbocycles. The smallest absolute Gasteiger partial charge is 0.0946 e. The van der Waals surface area contributed by atoms with Crippen molar-refractivity contribution in [2.24, 2.45) is 0 Å². The van der Waals surface area contributed by atoms with Crippen LogP contribution >= 0.6 is 0 Å². The minimum Gasteiger partial charge on any atom is -0.359 e. The standard InChI is InChI=1S/C24H28N2/c1-24(2,3)20-14-12-19(13-15-20)23-22-11-7-16-25(22)17-8-18-26(23)21-9-5-4-6-10-21/h4-7,9-16,23H,8,17-18H2,1-3H3. The van der Waals surface area contributed by atoms with Crippen molar-refractivity contribution < 1.29 is 0 Å². The van der Waals surface area contributed by atoms with E-state index in [0.717, 1.165) is 19.5 Å². The van der Waals surface area contributed by atoms with Crippen LogP contribution in [-0.2, 0) is 12.0 Å². The topological polar surface area (TPSA) is 8.17 Å². The van der Waals surface area contributed by atoms with Gasteiger partial charge in [0.2, 0.25) is 0 Å². The minimum absolute atomic E-state index is 0.182. The summed E-state index contributed by atoms with van der Waals surface area (Å²) in [6.45, 7) is 8.97. The van der Waals surface area contributed by atoms with Crippen molar-refractivity contribution >= 4 is 5.69 Å². The Bertz CT molecular complexity index is 853. The summed E-state index contributed by atoms with van der Waals surface area (Å²) in [5.74, 6) is 0. The van der Waals surface area contributed by atoms with E-state index in [1.54, 1.807) is 0 Å². The zero-order chi connectivity index (χ0) is 18.1. The summed E-state index contributed by atoms with van der Waals surface area (Å²) in [5.41, 5.74) is 5.61. The molecule has 0 N–H and O–H groups in total. The van der Waals surface area contributed by atoms with Gasteiger partial charge in [-0.05, 0) is 47.2 Å². The Kier molecular flexibility index (Phi) is 4.36. The van der Waals surface area contributed by atoms with Crippen LogP contribution in [0.4, 0.5) is 5.69 Å². The van der Waals surface area contributed by atoms with Crippen LogP contribution in [0.25, 0.3) is 0 Å². The molecule has 134 valence electrons. The molecule has 0 fully saturated rings. The fraction of sp³-hybridized carbons (Fsp3) is 0.333. The van der Waals surface area contributed by atoms with Crippen molar-refractivity contribution in [3.8, 4) is 0 Å². The van der Waals surface area contributed by atoms with Gasteiger partial charge in [-0.2, -0.15) is 0 Å². The van der Waals surface area contributed by atoms with Crippen LogP contribution in [0, 0.1) is 0 Å². The first-order chi connectivity index (χ1) is 12.5. The average Bonchev–Trinajstić information content (AvgIpc) is 3.02. The molecule has 0 saturated carbocycles. The van der Waals surface area contributed by atoms with Crippen LogP contribution in [0.2, 0.25) is 0 Å². The second kappa shape index (κ2) is 6.68. The van der Waals surface area contributed by atoms with Crippen molar-refractivity contribution in [2.75, 3.05) is 11.4 Å². The highest BCUT2D eigenvalue weighted by Crippen LogP contribution is 2.36. The normalized spacial score (nSPS) is 17.7. The molecule has 0 spiro atoms. The lowest BCUT2D eigenvalue weighted by atomic mass is 9.86. The number of aryl methyl sites for hydroxylation is 1. The molecule has 1 aliphatic heterocycles. The van der Waals surface area contributed by atoms with Crippen molar-refractivity contribution in [3.05, 3.63) is 89.7 Å². The number of nitrogens with zero attached hydrogens (tertiary/aromatic N) is 2. The van der Waals surface area contributed by atoms with Gasteiger partial charge in [0, 0.05) is 30.7 Å². The monoisotopic (exact) mass is 344 g/mol. The molecule has 0 bridgehead atoms. The number of benzene rings is 2. The molecule has 0 radical (unpaired) electrons. The summed E-state index contributed by atoms with van der Waals surface area (Å²) >= 11 is 0. The molecule has 0 saturated heterocycles.